The van der Waals surface area contributed by atoms with E-state index in [-0.39, 0.29) is 17.3 Å². The van der Waals surface area contributed by atoms with Gasteiger partial charge in [0.2, 0.25) is 10.0 Å². The summed E-state index contributed by atoms with van der Waals surface area (Å²) in [6.07, 6.45) is 2.89. The molecule has 0 unspecified atom stereocenters. The highest BCUT2D eigenvalue weighted by atomic mass is 35.5. The zero-order valence-corrected chi connectivity index (χ0v) is 15.5. The number of nitrogens with one attached hydrogen (secondary N) is 1. The van der Waals surface area contributed by atoms with Crippen molar-refractivity contribution in [1.29, 1.82) is 0 Å². The van der Waals surface area contributed by atoms with Gasteiger partial charge in [-0.1, -0.05) is 23.2 Å². The van der Waals surface area contributed by atoms with Crippen LogP contribution in [0.25, 0.3) is 0 Å². The Bertz CT molecular complexity index is 568. The fourth-order valence-electron chi connectivity index (χ4n) is 2.61. The Hall–Kier alpha value is -0.0400. The smallest absolute Gasteiger partial charge is 0.243 e. The topological polar surface area (TPSA) is 49.4 Å². The molecule has 1 aromatic carbocycles. The second-order valence-electron chi connectivity index (χ2n) is 5.34. The minimum atomic E-state index is -3.50. The van der Waals surface area contributed by atoms with Gasteiger partial charge in [0.15, 0.2) is 0 Å². The summed E-state index contributed by atoms with van der Waals surface area (Å²) < 4.78 is 26.7. The largest absolute Gasteiger partial charge is 0.320 e. The van der Waals surface area contributed by atoms with E-state index in [1.165, 1.54) is 22.5 Å². The minimum absolute atomic E-state index is 0. The molecular weight excluding hydrogens is 367 g/mol. The lowest BCUT2D eigenvalue weighted by Gasteiger charge is -2.31. The number of halogens is 3. The van der Waals surface area contributed by atoms with Crippen molar-refractivity contribution in [3.8, 4) is 0 Å². The van der Waals surface area contributed by atoms with Crippen LogP contribution >= 0.6 is 35.6 Å². The van der Waals surface area contributed by atoms with Crippen molar-refractivity contribution in [2.75, 3.05) is 26.7 Å². The van der Waals surface area contributed by atoms with E-state index in [0.717, 1.165) is 25.8 Å². The van der Waals surface area contributed by atoms with E-state index in [1.54, 1.807) is 0 Å². The Kier molecular flexibility index (Phi) is 7.92. The van der Waals surface area contributed by atoms with Gasteiger partial charge < -0.3 is 5.32 Å². The maximum absolute atomic E-state index is 12.6. The van der Waals surface area contributed by atoms with Crippen LogP contribution in [0.15, 0.2) is 23.1 Å². The first kappa shape index (κ1) is 20.0. The van der Waals surface area contributed by atoms with E-state index < -0.39 is 10.0 Å². The van der Waals surface area contributed by atoms with E-state index in [9.17, 15) is 8.42 Å². The van der Waals surface area contributed by atoms with Crippen LogP contribution in [0.2, 0.25) is 10.0 Å². The van der Waals surface area contributed by atoms with E-state index in [4.69, 9.17) is 23.2 Å². The molecule has 8 heteroatoms. The fraction of sp³-hybridized carbons (Fsp3) is 0.571. The summed E-state index contributed by atoms with van der Waals surface area (Å²) in [5.74, 6) is 0.590. The highest BCUT2D eigenvalue weighted by Crippen LogP contribution is 2.28. The molecule has 0 amide bonds. The quantitative estimate of drug-likeness (QED) is 0.842. The van der Waals surface area contributed by atoms with Crippen LogP contribution in [0.4, 0.5) is 0 Å². The number of sulfonamides is 1. The summed E-state index contributed by atoms with van der Waals surface area (Å²) in [6, 6.07) is 4.44. The van der Waals surface area contributed by atoms with Crippen molar-refractivity contribution >= 4 is 45.6 Å². The van der Waals surface area contributed by atoms with Crippen molar-refractivity contribution in [2.24, 2.45) is 5.92 Å². The molecule has 126 valence electrons. The van der Waals surface area contributed by atoms with Gasteiger partial charge in [0.25, 0.3) is 0 Å². The van der Waals surface area contributed by atoms with Crippen molar-refractivity contribution in [3.63, 3.8) is 0 Å². The maximum atomic E-state index is 12.6. The van der Waals surface area contributed by atoms with Crippen LogP contribution < -0.4 is 5.32 Å². The summed E-state index contributed by atoms with van der Waals surface area (Å²) in [7, 11) is -1.57. The average Bonchev–Trinajstić information content (AvgIpc) is 2.44. The average molecular weight is 388 g/mol. The van der Waals surface area contributed by atoms with Crippen LogP contribution in [0.5, 0.6) is 0 Å². The SMILES string of the molecule is CNCCC1CCN(S(=O)(=O)c2cc(Cl)cc(Cl)c2)CC1.Cl. The predicted octanol–water partition coefficient (Wildman–Crippen LogP) is 3.43. The lowest BCUT2D eigenvalue weighted by molar-refractivity contribution is 0.263. The van der Waals surface area contributed by atoms with Crippen LogP contribution in [0.3, 0.4) is 0 Å². The monoisotopic (exact) mass is 386 g/mol. The molecule has 0 bridgehead atoms. The molecule has 0 saturated carbocycles. The summed E-state index contributed by atoms with van der Waals surface area (Å²) in [4.78, 5) is 0.175. The van der Waals surface area contributed by atoms with Crippen molar-refractivity contribution in [2.45, 2.75) is 24.2 Å². The first-order valence-corrected chi connectivity index (χ1v) is 9.24. The van der Waals surface area contributed by atoms with Crippen LogP contribution in [0, 0.1) is 5.92 Å². The van der Waals surface area contributed by atoms with E-state index in [2.05, 4.69) is 5.32 Å². The molecular formula is C14H21Cl3N2O2S. The molecule has 22 heavy (non-hydrogen) atoms. The number of nitrogens with zero attached hydrogens (tertiary/aromatic N) is 1. The van der Waals surface area contributed by atoms with Crippen LogP contribution in [0.1, 0.15) is 19.3 Å². The molecule has 0 spiro atoms. The van der Waals surface area contributed by atoms with Gasteiger partial charge in [-0.25, -0.2) is 8.42 Å². The van der Waals surface area contributed by atoms with Gasteiger partial charge in [0.05, 0.1) is 4.90 Å². The molecule has 1 aliphatic heterocycles. The van der Waals surface area contributed by atoms with Gasteiger partial charge in [-0.15, -0.1) is 12.4 Å². The van der Waals surface area contributed by atoms with Crippen LogP contribution in [-0.4, -0.2) is 39.4 Å². The molecule has 1 N–H and O–H groups in total. The highest BCUT2D eigenvalue weighted by Gasteiger charge is 2.29. The molecule has 2 rings (SSSR count). The second-order valence-corrected chi connectivity index (χ2v) is 8.16. The Morgan fingerprint density at radius 3 is 2.23 bits per heavy atom. The van der Waals surface area contributed by atoms with E-state index in [1.807, 2.05) is 7.05 Å². The molecule has 1 heterocycles. The summed E-state index contributed by atoms with van der Waals surface area (Å²) >= 11 is 11.8. The highest BCUT2D eigenvalue weighted by molar-refractivity contribution is 7.89. The Balaban J connectivity index is 0.00000242. The molecule has 1 aliphatic rings. The molecule has 0 atom stereocenters. The molecule has 0 aliphatic carbocycles. The second kappa shape index (κ2) is 8.71. The van der Waals surface area contributed by atoms with Gasteiger partial charge in [0, 0.05) is 23.1 Å². The van der Waals surface area contributed by atoms with Gasteiger partial charge in [0.1, 0.15) is 0 Å². The maximum Gasteiger partial charge on any atom is 0.243 e. The first-order chi connectivity index (χ1) is 9.93. The Labute approximate surface area is 148 Å². The molecule has 1 aromatic rings. The normalized spacial score (nSPS) is 17.2. The fourth-order valence-corrected chi connectivity index (χ4v) is 4.81. The third-order valence-corrected chi connectivity index (χ3v) is 6.16. The first-order valence-electron chi connectivity index (χ1n) is 7.04. The molecule has 1 saturated heterocycles. The standard InChI is InChI=1S/C14H20Cl2N2O2S.ClH/c1-17-5-2-11-3-6-18(7-4-11)21(19,20)14-9-12(15)8-13(16)10-14;/h8-11,17H,2-7H2,1H3;1H. The minimum Gasteiger partial charge on any atom is -0.320 e. The van der Waals surface area contributed by atoms with Gasteiger partial charge >= 0.3 is 0 Å². The number of hydrogen-bond donors (Lipinski definition) is 1. The summed E-state index contributed by atoms with van der Waals surface area (Å²) in [5.41, 5.74) is 0. The Morgan fingerprint density at radius 1 is 1.18 bits per heavy atom. The van der Waals surface area contributed by atoms with Gasteiger partial charge in [-0.2, -0.15) is 4.31 Å². The number of hydrogen-bond acceptors (Lipinski definition) is 3. The van der Waals surface area contributed by atoms with E-state index >= 15 is 0 Å². The zero-order valence-electron chi connectivity index (χ0n) is 12.4. The predicted molar refractivity (Wildman–Crippen MR) is 93.7 cm³/mol. The lowest BCUT2D eigenvalue weighted by atomic mass is 9.95. The van der Waals surface area contributed by atoms with Crippen molar-refractivity contribution in [1.82, 2.24) is 9.62 Å². The summed E-state index contributed by atoms with van der Waals surface area (Å²) in [5, 5.41) is 3.81. The summed E-state index contributed by atoms with van der Waals surface area (Å²) in [6.45, 7) is 2.09. The number of rotatable bonds is 5. The molecule has 1 fully saturated rings. The number of benzene rings is 1. The molecule has 4 nitrogen and oxygen atoms in total. The van der Waals surface area contributed by atoms with Gasteiger partial charge in [-0.3, -0.25) is 0 Å². The third-order valence-electron chi connectivity index (χ3n) is 3.85. The Morgan fingerprint density at radius 2 is 1.73 bits per heavy atom. The van der Waals surface area contributed by atoms with Crippen molar-refractivity contribution < 1.29 is 8.42 Å². The molecule has 0 aromatic heterocycles. The third kappa shape index (κ3) is 4.98. The zero-order chi connectivity index (χ0) is 15.5. The van der Waals surface area contributed by atoms with Crippen molar-refractivity contribution in [3.05, 3.63) is 28.2 Å². The van der Waals surface area contributed by atoms with Crippen LogP contribution in [-0.2, 0) is 10.0 Å². The lowest BCUT2D eigenvalue weighted by Crippen LogP contribution is -2.38. The molecule has 0 radical (unpaired) electrons. The van der Waals surface area contributed by atoms with E-state index in [0.29, 0.717) is 29.1 Å². The van der Waals surface area contributed by atoms with Gasteiger partial charge in [-0.05, 0) is 57.0 Å². The number of piperidine rings is 1.